The van der Waals surface area contributed by atoms with Crippen LogP contribution in [0.3, 0.4) is 0 Å². The van der Waals surface area contributed by atoms with E-state index in [1.54, 1.807) is 12.3 Å². The molecule has 5 nitrogen and oxygen atoms in total. The molecular formula is C21H21NO4. The Kier molecular flexibility index (Phi) is 5.37. The number of anilines is 1. The minimum atomic E-state index is -0.466. The van der Waals surface area contributed by atoms with Gasteiger partial charge >= 0.3 is 5.97 Å². The Morgan fingerprint density at radius 3 is 2.77 bits per heavy atom. The summed E-state index contributed by atoms with van der Waals surface area (Å²) in [6, 6.07) is 13.4. The van der Waals surface area contributed by atoms with Gasteiger partial charge in [-0.2, -0.15) is 0 Å². The number of nitrogens with one attached hydrogen (secondary N) is 1. The predicted molar refractivity (Wildman–Crippen MR) is 100 cm³/mol. The topological polar surface area (TPSA) is 68.5 Å². The minimum Gasteiger partial charge on any atom is -0.464 e. The van der Waals surface area contributed by atoms with Gasteiger partial charge in [-0.25, -0.2) is 0 Å². The first kappa shape index (κ1) is 17.7. The first-order valence-corrected chi connectivity index (χ1v) is 8.56. The van der Waals surface area contributed by atoms with E-state index in [0.29, 0.717) is 5.69 Å². The van der Waals surface area contributed by atoms with Crippen molar-refractivity contribution in [2.75, 3.05) is 11.9 Å². The van der Waals surface area contributed by atoms with E-state index in [4.69, 9.17) is 9.15 Å². The van der Waals surface area contributed by atoms with Crippen LogP contribution in [0.2, 0.25) is 0 Å². The van der Waals surface area contributed by atoms with Gasteiger partial charge in [0.25, 0.3) is 5.91 Å². The number of amides is 1. The lowest BCUT2D eigenvalue weighted by Crippen LogP contribution is -2.21. The van der Waals surface area contributed by atoms with Crippen LogP contribution in [0.25, 0.3) is 11.0 Å². The number of fused-ring (bicyclic) bond motifs is 1. The Morgan fingerprint density at radius 1 is 1.15 bits per heavy atom. The van der Waals surface area contributed by atoms with Crippen molar-refractivity contribution in [1.29, 1.82) is 0 Å². The fraction of sp³-hybridized carbons (Fsp3) is 0.238. The molecule has 1 aromatic heterocycles. The van der Waals surface area contributed by atoms with Crippen molar-refractivity contribution in [1.82, 2.24) is 0 Å². The van der Waals surface area contributed by atoms with Crippen LogP contribution in [0.5, 0.6) is 0 Å². The molecule has 134 valence electrons. The van der Waals surface area contributed by atoms with Gasteiger partial charge in [-0.1, -0.05) is 31.2 Å². The Morgan fingerprint density at radius 2 is 2.00 bits per heavy atom. The number of benzene rings is 2. The molecule has 5 heteroatoms. The molecule has 26 heavy (non-hydrogen) atoms. The zero-order chi connectivity index (χ0) is 18.5. The summed E-state index contributed by atoms with van der Waals surface area (Å²) in [6.07, 6.45) is 2.55. The van der Waals surface area contributed by atoms with Crippen LogP contribution in [-0.4, -0.2) is 18.5 Å². The number of aryl methyl sites for hydroxylation is 2. The molecule has 0 aliphatic rings. The van der Waals surface area contributed by atoms with Crippen molar-refractivity contribution in [3.8, 4) is 0 Å². The van der Waals surface area contributed by atoms with Crippen LogP contribution in [0, 0.1) is 6.92 Å². The second-order valence-electron chi connectivity index (χ2n) is 6.20. The number of carbonyl (C=O) groups excluding carboxylic acids is 2. The molecule has 1 amide bonds. The number of hydrogen-bond acceptors (Lipinski definition) is 4. The highest BCUT2D eigenvalue weighted by Gasteiger charge is 2.13. The maximum atomic E-state index is 12.0. The maximum absolute atomic E-state index is 12.0. The molecule has 0 spiro atoms. The molecule has 3 rings (SSSR count). The number of hydrogen-bond donors (Lipinski definition) is 1. The Balaban J connectivity index is 1.55. The molecule has 0 aliphatic heterocycles. The van der Waals surface area contributed by atoms with E-state index in [0.717, 1.165) is 28.5 Å². The molecule has 0 atom stereocenters. The largest absolute Gasteiger partial charge is 0.464 e. The van der Waals surface area contributed by atoms with Gasteiger partial charge in [0.05, 0.1) is 12.7 Å². The van der Waals surface area contributed by atoms with Crippen molar-refractivity contribution in [3.63, 3.8) is 0 Å². The summed E-state index contributed by atoms with van der Waals surface area (Å²) in [5.74, 6) is -0.833. The fourth-order valence-electron chi connectivity index (χ4n) is 2.76. The first-order chi connectivity index (χ1) is 12.5. The second-order valence-corrected chi connectivity index (χ2v) is 6.20. The average molecular weight is 351 g/mol. The molecule has 1 heterocycles. The fourth-order valence-corrected chi connectivity index (χ4v) is 2.76. The van der Waals surface area contributed by atoms with Crippen LogP contribution in [0.1, 0.15) is 23.6 Å². The summed E-state index contributed by atoms with van der Waals surface area (Å²) in [5.41, 5.74) is 4.40. The van der Waals surface area contributed by atoms with E-state index in [9.17, 15) is 9.59 Å². The van der Waals surface area contributed by atoms with Crippen molar-refractivity contribution in [2.24, 2.45) is 0 Å². The van der Waals surface area contributed by atoms with E-state index in [2.05, 4.69) is 12.2 Å². The summed E-state index contributed by atoms with van der Waals surface area (Å²) < 4.78 is 10.6. The summed E-state index contributed by atoms with van der Waals surface area (Å²) in [6.45, 7) is 3.70. The van der Waals surface area contributed by atoms with Gasteiger partial charge < -0.3 is 14.5 Å². The molecule has 0 radical (unpaired) electrons. The maximum Gasteiger partial charge on any atom is 0.310 e. The summed E-state index contributed by atoms with van der Waals surface area (Å²) >= 11 is 0. The van der Waals surface area contributed by atoms with Crippen LogP contribution >= 0.6 is 0 Å². The molecule has 0 saturated heterocycles. The first-order valence-electron chi connectivity index (χ1n) is 8.56. The van der Waals surface area contributed by atoms with E-state index in [-0.39, 0.29) is 18.9 Å². The zero-order valence-corrected chi connectivity index (χ0v) is 14.9. The molecule has 0 unspecified atom stereocenters. The number of ether oxygens (including phenoxy) is 1. The summed E-state index contributed by atoms with van der Waals surface area (Å²) in [5, 5.41) is 3.60. The number of carbonyl (C=O) groups is 2. The lowest BCUT2D eigenvalue weighted by Gasteiger charge is -2.07. The van der Waals surface area contributed by atoms with Crippen molar-refractivity contribution in [3.05, 3.63) is 65.4 Å². The predicted octanol–water partition coefficient (Wildman–Crippen LogP) is 4.03. The standard InChI is InChI=1S/C21H21NO4/c1-3-15-7-8-18-16(12-25-19(18)10-15)11-21(24)26-13-20(23)22-17-6-4-5-14(2)9-17/h4-10,12H,3,11,13H2,1-2H3,(H,22,23). The highest BCUT2D eigenvalue weighted by Crippen LogP contribution is 2.23. The third-order valence-corrected chi connectivity index (χ3v) is 4.13. The highest BCUT2D eigenvalue weighted by atomic mass is 16.5. The molecule has 0 saturated carbocycles. The van der Waals surface area contributed by atoms with Gasteiger partial charge in [-0.05, 0) is 42.7 Å². The van der Waals surface area contributed by atoms with Crippen molar-refractivity contribution >= 4 is 28.5 Å². The molecule has 0 fully saturated rings. The Hall–Kier alpha value is -3.08. The monoisotopic (exact) mass is 351 g/mol. The molecule has 0 bridgehead atoms. The normalized spacial score (nSPS) is 10.7. The van der Waals surface area contributed by atoms with Gasteiger partial charge in [-0.3, -0.25) is 9.59 Å². The van der Waals surface area contributed by atoms with Gasteiger partial charge in [0.15, 0.2) is 6.61 Å². The number of furan rings is 1. The second kappa shape index (κ2) is 7.87. The summed E-state index contributed by atoms with van der Waals surface area (Å²) in [7, 11) is 0. The van der Waals surface area contributed by atoms with E-state index in [1.165, 1.54) is 5.56 Å². The van der Waals surface area contributed by atoms with E-state index in [1.807, 2.05) is 43.3 Å². The number of esters is 1. The Bertz CT molecular complexity index is 942. The third kappa shape index (κ3) is 4.30. The minimum absolute atomic E-state index is 0.0657. The van der Waals surface area contributed by atoms with E-state index < -0.39 is 5.97 Å². The van der Waals surface area contributed by atoms with Crippen molar-refractivity contribution in [2.45, 2.75) is 26.7 Å². The molecule has 0 aliphatic carbocycles. The lowest BCUT2D eigenvalue weighted by atomic mass is 10.1. The van der Waals surface area contributed by atoms with Gasteiger partial charge in [-0.15, -0.1) is 0 Å². The zero-order valence-electron chi connectivity index (χ0n) is 14.9. The van der Waals surface area contributed by atoms with Crippen molar-refractivity contribution < 1.29 is 18.7 Å². The quantitative estimate of drug-likeness (QED) is 0.681. The van der Waals surface area contributed by atoms with Gasteiger partial charge in [0.1, 0.15) is 5.58 Å². The van der Waals surface area contributed by atoms with Crippen LogP contribution in [-0.2, 0) is 27.2 Å². The summed E-state index contributed by atoms with van der Waals surface area (Å²) in [4.78, 5) is 24.0. The molecule has 3 aromatic rings. The van der Waals surface area contributed by atoms with E-state index >= 15 is 0 Å². The highest BCUT2D eigenvalue weighted by molar-refractivity contribution is 5.93. The smallest absolute Gasteiger partial charge is 0.310 e. The molecule has 2 aromatic carbocycles. The SMILES string of the molecule is CCc1ccc2c(CC(=O)OCC(=O)Nc3cccc(C)c3)coc2c1. The number of rotatable bonds is 6. The lowest BCUT2D eigenvalue weighted by molar-refractivity contribution is -0.146. The van der Waals surface area contributed by atoms with Crippen LogP contribution in [0.4, 0.5) is 5.69 Å². The van der Waals surface area contributed by atoms with Gasteiger partial charge in [0, 0.05) is 16.6 Å². The average Bonchev–Trinajstić information content (AvgIpc) is 3.02. The molecular weight excluding hydrogens is 330 g/mol. The van der Waals surface area contributed by atoms with Gasteiger partial charge in [0.2, 0.25) is 0 Å². The molecule has 1 N–H and O–H groups in total. The Labute approximate surface area is 152 Å². The van der Waals surface area contributed by atoms with Crippen LogP contribution < -0.4 is 5.32 Å². The third-order valence-electron chi connectivity index (χ3n) is 4.13. The van der Waals surface area contributed by atoms with Crippen LogP contribution in [0.15, 0.2) is 53.1 Å².